The first-order valence-electron chi connectivity index (χ1n) is 5.76. The number of anilines is 1. The van der Waals surface area contributed by atoms with Crippen molar-refractivity contribution < 1.29 is 9.52 Å². The molecule has 2 aromatic carbocycles. The van der Waals surface area contributed by atoms with Gasteiger partial charge in [-0.1, -0.05) is 12.1 Å². The highest BCUT2D eigenvalue weighted by molar-refractivity contribution is 5.82. The molecule has 1 heterocycles. The van der Waals surface area contributed by atoms with Crippen LogP contribution >= 0.6 is 0 Å². The van der Waals surface area contributed by atoms with Crippen LogP contribution in [0, 0.1) is 0 Å². The Bertz CT molecular complexity index is 804. The smallest absolute Gasteiger partial charge is 0.344 e. The van der Waals surface area contributed by atoms with Crippen molar-refractivity contribution >= 4 is 16.7 Å². The van der Waals surface area contributed by atoms with E-state index in [4.69, 9.17) is 10.2 Å². The maximum Gasteiger partial charge on any atom is 0.344 e. The van der Waals surface area contributed by atoms with Crippen molar-refractivity contribution in [2.45, 2.75) is 0 Å². The number of hydrogen-bond donors (Lipinski definition) is 2. The Kier molecular flexibility index (Phi) is 2.49. The Labute approximate surface area is 108 Å². The number of phenols is 1. The highest BCUT2D eigenvalue weighted by Crippen LogP contribution is 2.24. The first-order chi connectivity index (χ1) is 9.13. The SMILES string of the molecule is Nc1ccc(-c2cc3ccc(O)cc3oc2=O)cc1. The second-order valence-electron chi connectivity index (χ2n) is 4.29. The van der Waals surface area contributed by atoms with Crippen LogP contribution in [-0.2, 0) is 0 Å². The van der Waals surface area contributed by atoms with Crippen LogP contribution in [0.2, 0.25) is 0 Å². The molecule has 0 bridgehead atoms. The van der Waals surface area contributed by atoms with E-state index in [-0.39, 0.29) is 5.75 Å². The molecular weight excluding hydrogens is 242 g/mol. The van der Waals surface area contributed by atoms with E-state index < -0.39 is 5.63 Å². The van der Waals surface area contributed by atoms with Crippen LogP contribution in [0.1, 0.15) is 0 Å². The van der Waals surface area contributed by atoms with Gasteiger partial charge in [-0.25, -0.2) is 4.79 Å². The molecule has 4 nitrogen and oxygen atoms in total. The summed E-state index contributed by atoms with van der Waals surface area (Å²) in [5.74, 6) is 0.0656. The van der Waals surface area contributed by atoms with Crippen molar-refractivity contribution in [3.8, 4) is 16.9 Å². The van der Waals surface area contributed by atoms with Crippen LogP contribution in [-0.4, -0.2) is 5.11 Å². The van der Waals surface area contributed by atoms with Crippen LogP contribution in [0.25, 0.3) is 22.1 Å². The molecule has 19 heavy (non-hydrogen) atoms. The van der Waals surface area contributed by atoms with Crippen LogP contribution in [0.4, 0.5) is 5.69 Å². The zero-order valence-corrected chi connectivity index (χ0v) is 9.96. The monoisotopic (exact) mass is 253 g/mol. The van der Waals surface area contributed by atoms with Gasteiger partial charge in [0, 0.05) is 17.1 Å². The van der Waals surface area contributed by atoms with E-state index >= 15 is 0 Å². The molecule has 4 heteroatoms. The minimum Gasteiger partial charge on any atom is -0.508 e. The van der Waals surface area contributed by atoms with Crippen molar-refractivity contribution in [3.05, 3.63) is 59.0 Å². The lowest BCUT2D eigenvalue weighted by Crippen LogP contribution is -2.02. The Morgan fingerprint density at radius 3 is 2.47 bits per heavy atom. The number of fused-ring (bicyclic) bond motifs is 1. The predicted octanol–water partition coefficient (Wildman–Crippen LogP) is 2.75. The second-order valence-corrected chi connectivity index (χ2v) is 4.29. The molecule has 0 amide bonds. The fourth-order valence-corrected chi connectivity index (χ4v) is 1.96. The Morgan fingerprint density at radius 2 is 1.74 bits per heavy atom. The summed E-state index contributed by atoms with van der Waals surface area (Å²) in [5.41, 5.74) is 7.40. The molecule has 94 valence electrons. The van der Waals surface area contributed by atoms with E-state index in [9.17, 15) is 9.90 Å². The van der Waals surface area contributed by atoms with E-state index in [1.165, 1.54) is 6.07 Å². The lowest BCUT2D eigenvalue weighted by molar-refractivity contribution is 0.473. The molecule has 0 atom stereocenters. The minimum atomic E-state index is -0.442. The Morgan fingerprint density at radius 1 is 1.00 bits per heavy atom. The number of nitrogen functional groups attached to an aromatic ring is 1. The minimum absolute atomic E-state index is 0.0656. The third kappa shape index (κ3) is 2.04. The van der Waals surface area contributed by atoms with Crippen molar-refractivity contribution in [2.24, 2.45) is 0 Å². The lowest BCUT2D eigenvalue weighted by Gasteiger charge is -2.03. The summed E-state index contributed by atoms with van der Waals surface area (Å²) in [6.45, 7) is 0. The van der Waals surface area contributed by atoms with Crippen molar-refractivity contribution in [1.29, 1.82) is 0 Å². The zero-order chi connectivity index (χ0) is 13.4. The number of phenolic OH excluding ortho intramolecular Hbond substituents is 1. The van der Waals surface area contributed by atoms with Gasteiger partial charge in [0.25, 0.3) is 0 Å². The third-order valence-corrected chi connectivity index (χ3v) is 2.94. The lowest BCUT2D eigenvalue weighted by atomic mass is 10.1. The fourth-order valence-electron chi connectivity index (χ4n) is 1.96. The molecule has 0 aliphatic carbocycles. The zero-order valence-electron chi connectivity index (χ0n) is 9.96. The number of nitrogens with two attached hydrogens (primary N) is 1. The fraction of sp³-hybridized carbons (Fsp3) is 0. The molecule has 1 aromatic heterocycles. The van der Waals surface area contributed by atoms with Gasteiger partial charge in [-0.05, 0) is 35.9 Å². The Balaban J connectivity index is 2.24. The van der Waals surface area contributed by atoms with Gasteiger partial charge in [-0.2, -0.15) is 0 Å². The van der Waals surface area contributed by atoms with Crippen LogP contribution in [0.5, 0.6) is 5.75 Å². The summed E-state index contributed by atoms with van der Waals surface area (Å²) in [6, 6.07) is 13.4. The summed E-state index contributed by atoms with van der Waals surface area (Å²) in [4.78, 5) is 12.0. The van der Waals surface area contributed by atoms with Gasteiger partial charge in [-0.15, -0.1) is 0 Å². The largest absolute Gasteiger partial charge is 0.508 e. The topological polar surface area (TPSA) is 76.5 Å². The molecule has 0 saturated heterocycles. The molecule has 3 N–H and O–H groups in total. The quantitative estimate of drug-likeness (QED) is 0.516. The second kappa shape index (κ2) is 4.17. The van der Waals surface area contributed by atoms with E-state index in [0.717, 1.165) is 10.9 Å². The predicted molar refractivity (Wildman–Crippen MR) is 74.0 cm³/mol. The van der Waals surface area contributed by atoms with Crippen LogP contribution < -0.4 is 11.4 Å². The normalized spacial score (nSPS) is 10.7. The molecule has 0 saturated carbocycles. The standard InChI is InChI=1S/C15H11NO3/c16-11-4-1-9(2-5-11)13-7-10-3-6-12(17)8-14(10)19-15(13)18/h1-8,17H,16H2. The van der Waals surface area contributed by atoms with E-state index in [2.05, 4.69) is 0 Å². The first kappa shape index (κ1) is 11.3. The molecule has 0 aliphatic heterocycles. The summed E-state index contributed by atoms with van der Waals surface area (Å²) in [6.07, 6.45) is 0. The number of hydrogen-bond acceptors (Lipinski definition) is 4. The molecule has 0 spiro atoms. The average molecular weight is 253 g/mol. The van der Waals surface area contributed by atoms with Crippen LogP contribution in [0.3, 0.4) is 0 Å². The number of benzene rings is 2. The van der Waals surface area contributed by atoms with E-state index in [0.29, 0.717) is 16.8 Å². The summed E-state index contributed by atoms with van der Waals surface area (Å²) in [7, 11) is 0. The summed E-state index contributed by atoms with van der Waals surface area (Å²) in [5, 5.41) is 10.1. The molecule has 0 aliphatic rings. The third-order valence-electron chi connectivity index (χ3n) is 2.94. The first-order valence-corrected chi connectivity index (χ1v) is 5.76. The van der Waals surface area contributed by atoms with Gasteiger partial charge in [0.15, 0.2) is 0 Å². The molecule has 0 radical (unpaired) electrons. The van der Waals surface area contributed by atoms with Gasteiger partial charge < -0.3 is 15.3 Å². The van der Waals surface area contributed by atoms with Gasteiger partial charge in [0.2, 0.25) is 0 Å². The van der Waals surface area contributed by atoms with Gasteiger partial charge in [0.1, 0.15) is 11.3 Å². The molecule has 0 fully saturated rings. The summed E-state index contributed by atoms with van der Waals surface area (Å²) < 4.78 is 5.21. The summed E-state index contributed by atoms with van der Waals surface area (Å²) >= 11 is 0. The van der Waals surface area contributed by atoms with Gasteiger partial charge in [-0.3, -0.25) is 0 Å². The molecule has 0 unspecified atom stereocenters. The van der Waals surface area contributed by atoms with Crippen molar-refractivity contribution in [1.82, 2.24) is 0 Å². The number of rotatable bonds is 1. The van der Waals surface area contributed by atoms with Crippen molar-refractivity contribution in [2.75, 3.05) is 5.73 Å². The molecular formula is C15H11NO3. The van der Waals surface area contributed by atoms with E-state index in [1.54, 1.807) is 42.5 Å². The van der Waals surface area contributed by atoms with Gasteiger partial charge in [0.05, 0.1) is 5.56 Å². The van der Waals surface area contributed by atoms with Crippen LogP contribution in [0.15, 0.2) is 57.7 Å². The highest BCUT2D eigenvalue weighted by atomic mass is 16.4. The Hall–Kier alpha value is -2.75. The molecule has 3 aromatic rings. The average Bonchev–Trinajstić information content (AvgIpc) is 2.39. The van der Waals surface area contributed by atoms with E-state index in [1.807, 2.05) is 0 Å². The maximum atomic E-state index is 12.0. The molecule has 3 rings (SSSR count). The maximum absolute atomic E-state index is 12.0. The van der Waals surface area contributed by atoms with Crippen molar-refractivity contribution in [3.63, 3.8) is 0 Å². The highest BCUT2D eigenvalue weighted by Gasteiger charge is 2.08. The number of aromatic hydroxyl groups is 1. The van der Waals surface area contributed by atoms with Gasteiger partial charge >= 0.3 is 5.63 Å².